The van der Waals surface area contributed by atoms with Gasteiger partial charge in [-0.2, -0.15) is 0 Å². The van der Waals surface area contributed by atoms with Crippen molar-refractivity contribution in [2.75, 3.05) is 19.6 Å². The third-order valence-corrected chi connectivity index (χ3v) is 4.30. The van der Waals surface area contributed by atoms with Crippen LogP contribution in [0.25, 0.3) is 0 Å². The average Bonchev–Trinajstić information content (AvgIpc) is 2.73. The lowest BCUT2D eigenvalue weighted by molar-refractivity contribution is -0.129. The molecule has 2 saturated heterocycles. The predicted octanol–water partition coefficient (Wildman–Crippen LogP) is 1.56. The lowest BCUT2D eigenvalue weighted by atomic mass is 9.91. The molecule has 2 fully saturated rings. The molecule has 2 unspecified atom stereocenters. The first-order valence-corrected chi connectivity index (χ1v) is 6.80. The van der Waals surface area contributed by atoms with Crippen molar-refractivity contribution < 1.29 is 4.79 Å². The molecule has 2 rings (SSSR count). The standard InChI is InChI=1S/C13H25N3O.2ClH/c1-13(2,9-14)12(17)15-10-6-8-16-7-4-3-5-11(10)16;;/h10-11H,3-9,14H2,1-2H3,(H,15,17);2*1H. The van der Waals surface area contributed by atoms with Crippen LogP contribution in [0.2, 0.25) is 0 Å². The normalized spacial score (nSPS) is 26.9. The quantitative estimate of drug-likeness (QED) is 0.831. The third kappa shape index (κ3) is 4.22. The van der Waals surface area contributed by atoms with Crippen LogP contribution in [0, 0.1) is 5.41 Å². The van der Waals surface area contributed by atoms with E-state index in [1.165, 1.54) is 25.8 Å². The van der Waals surface area contributed by atoms with E-state index in [1.807, 2.05) is 13.8 Å². The van der Waals surface area contributed by atoms with E-state index in [0.29, 0.717) is 18.6 Å². The second-order valence-electron chi connectivity index (χ2n) is 6.06. The van der Waals surface area contributed by atoms with Crippen molar-refractivity contribution >= 4 is 30.7 Å². The van der Waals surface area contributed by atoms with E-state index in [-0.39, 0.29) is 30.7 Å². The Kier molecular flexibility index (Phi) is 7.66. The molecule has 1 amide bonds. The summed E-state index contributed by atoms with van der Waals surface area (Å²) in [5.41, 5.74) is 5.20. The van der Waals surface area contributed by atoms with Gasteiger partial charge < -0.3 is 11.1 Å². The number of carbonyl (C=O) groups excluding carboxylic acids is 1. The minimum absolute atomic E-state index is 0. The number of hydrogen-bond acceptors (Lipinski definition) is 3. The number of halogens is 2. The van der Waals surface area contributed by atoms with Crippen molar-refractivity contribution in [1.82, 2.24) is 10.2 Å². The summed E-state index contributed by atoms with van der Waals surface area (Å²) in [6.45, 7) is 6.57. The summed E-state index contributed by atoms with van der Waals surface area (Å²) >= 11 is 0. The highest BCUT2D eigenvalue weighted by atomic mass is 35.5. The van der Waals surface area contributed by atoms with Crippen LogP contribution < -0.4 is 11.1 Å². The van der Waals surface area contributed by atoms with Crippen LogP contribution in [0.5, 0.6) is 0 Å². The molecule has 0 aromatic rings. The molecule has 2 aliphatic heterocycles. The van der Waals surface area contributed by atoms with Crippen LogP contribution in [0.3, 0.4) is 0 Å². The number of nitrogens with two attached hydrogens (primary N) is 1. The van der Waals surface area contributed by atoms with Gasteiger partial charge in [0, 0.05) is 25.2 Å². The fourth-order valence-corrected chi connectivity index (χ4v) is 2.87. The molecule has 114 valence electrons. The molecule has 2 aliphatic rings. The van der Waals surface area contributed by atoms with E-state index in [4.69, 9.17) is 5.73 Å². The van der Waals surface area contributed by atoms with Gasteiger partial charge in [0.1, 0.15) is 0 Å². The van der Waals surface area contributed by atoms with Crippen molar-refractivity contribution in [3.8, 4) is 0 Å². The topological polar surface area (TPSA) is 58.4 Å². The monoisotopic (exact) mass is 311 g/mol. The maximum atomic E-state index is 12.1. The number of nitrogens with zero attached hydrogens (tertiary/aromatic N) is 1. The Morgan fingerprint density at radius 3 is 2.58 bits per heavy atom. The molecule has 2 atom stereocenters. The van der Waals surface area contributed by atoms with Gasteiger partial charge in [0.05, 0.1) is 5.41 Å². The zero-order valence-corrected chi connectivity index (χ0v) is 13.5. The zero-order chi connectivity index (χ0) is 12.5. The van der Waals surface area contributed by atoms with Crippen LogP contribution in [0.4, 0.5) is 0 Å². The van der Waals surface area contributed by atoms with Gasteiger partial charge in [-0.1, -0.05) is 6.42 Å². The van der Waals surface area contributed by atoms with Crippen molar-refractivity contribution in [1.29, 1.82) is 0 Å². The Bertz CT molecular complexity index is 300. The first kappa shape index (κ1) is 19.0. The lowest BCUT2D eigenvalue weighted by Gasteiger charge is -2.34. The molecule has 0 aliphatic carbocycles. The summed E-state index contributed by atoms with van der Waals surface area (Å²) in [4.78, 5) is 14.6. The maximum absolute atomic E-state index is 12.1. The molecule has 0 aromatic heterocycles. The highest BCUT2D eigenvalue weighted by Gasteiger charge is 2.38. The Labute approximate surface area is 128 Å². The number of amides is 1. The Morgan fingerprint density at radius 2 is 1.95 bits per heavy atom. The van der Waals surface area contributed by atoms with Crippen LogP contribution in [0.15, 0.2) is 0 Å². The van der Waals surface area contributed by atoms with Crippen molar-refractivity contribution in [3.05, 3.63) is 0 Å². The summed E-state index contributed by atoms with van der Waals surface area (Å²) in [6.07, 6.45) is 4.93. The SMILES string of the molecule is CC(C)(CN)C(=O)NC1CCN2CCCCC12.Cl.Cl. The minimum Gasteiger partial charge on any atom is -0.351 e. The minimum atomic E-state index is -0.442. The molecule has 6 heteroatoms. The van der Waals surface area contributed by atoms with Gasteiger partial charge in [-0.15, -0.1) is 24.8 Å². The molecule has 3 N–H and O–H groups in total. The Balaban J connectivity index is 0.00000162. The first-order chi connectivity index (χ1) is 8.04. The summed E-state index contributed by atoms with van der Waals surface area (Å²) in [7, 11) is 0. The third-order valence-electron chi connectivity index (χ3n) is 4.30. The van der Waals surface area contributed by atoms with Crippen LogP contribution in [-0.2, 0) is 4.79 Å². The fraction of sp³-hybridized carbons (Fsp3) is 0.923. The largest absolute Gasteiger partial charge is 0.351 e. The van der Waals surface area contributed by atoms with E-state index in [2.05, 4.69) is 10.2 Å². The Morgan fingerprint density at radius 1 is 1.26 bits per heavy atom. The van der Waals surface area contributed by atoms with Gasteiger partial charge in [-0.05, 0) is 39.7 Å². The molecule has 0 saturated carbocycles. The van der Waals surface area contributed by atoms with Gasteiger partial charge in [0.15, 0.2) is 0 Å². The second kappa shape index (κ2) is 7.67. The van der Waals surface area contributed by atoms with E-state index in [9.17, 15) is 4.79 Å². The molecule has 4 nitrogen and oxygen atoms in total. The molecule has 0 bridgehead atoms. The van der Waals surface area contributed by atoms with E-state index in [1.54, 1.807) is 0 Å². The van der Waals surface area contributed by atoms with Gasteiger partial charge in [0.2, 0.25) is 5.91 Å². The maximum Gasteiger partial charge on any atom is 0.227 e. The van der Waals surface area contributed by atoms with Crippen molar-refractivity contribution in [3.63, 3.8) is 0 Å². The zero-order valence-electron chi connectivity index (χ0n) is 11.9. The summed E-state index contributed by atoms with van der Waals surface area (Å²) in [5, 5.41) is 3.21. The fourth-order valence-electron chi connectivity index (χ4n) is 2.87. The summed E-state index contributed by atoms with van der Waals surface area (Å²) < 4.78 is 0. The van der Waals surface area contributed by atoms with Crippen LogP contribution in [-0.4, -0.2) is 42.5 Å². The molecular weight excluding hydrogens is 285 g/mol. The number of piperidine rings is 1. The van der Waals surface area contributed by atoms with E-state index in [0.717, 1.165) is 13.0 Å². The smallest absolute Gasteiger partial charge is 0.227 e. The molecule has 0 radical (unpaired) electrons. The van der Waals surface area contributed by atoms with Crippen LogP contribution in [0.1, 0.15) is 39.5 Å². The number of nitrogens with one attached hydrogen (secondary N) is 1. The van der Waals surface area contributed by atoms with Gasteiger partial charge in [-0.25, -0.2) is 0 Å². The highest BCUT2D eigenvalue weighted by molar-refractivity contribution is 5.85. The highest BCUT2D eigenvalue weighted by Crippen LogP contribution is 2.27. The Hall–Kier alpha value is -0.0300. The first-order valence-electron chi connectivity index (χ1n) is 6.80. The van der Waals surface area contributed by atoms with E-state index < -0.39 is 5.41 Å². The van der Waals surface area contributed by atoms with Gasteiger partial charge >= 0.3 is 0 Å². The van der Waals surface area contributed by atoms with Crippen LogP contribution >= 0.6 is 24.8 Å². The van der Waals surface area contributed by atoms with Crippen molar-refractivity contribution in [2.24, 2.45) is 11.1 Å². The molecule has 19 heavy (non-hydrogen) atoms. The lowest BCUT2D eigenvalue weighted by Crippen LogP contribution is -2.51. The van der Waals surface area contributed by atoms with Gasteiger partial charge in [0.25, 0.3) is 0 Å². The number of hydrogen-bond donors (Lipinski definition) is 2. The molecule has 0 spiro atoms. The molecule has 0 aromatic carbocycles. The van der Waals surface area contributed by atoms with Gasteiger partial charge in [-0.3, -0.25) is 9.69 Å². The molecule has 2 heterocycles. The number of rotatable bonds is 3. The van der Waals surface area contributed by atoms with E-state index >= 15 is 0 Å². The number of fused-ring (bicyclic) bond motifs is 1. The summed E-state index contributed by atoms with van der Waals surface area (Å²) in [5.74, 6) is 0.109. The predicted molar refractivity (Wildman–Crippen MR) is 83.1 cm³/mol. The van der Waals surface area contributed by atoms with Crippen molar-refractivity contribution in [2.45, 2.75) is 51.6 Å². The number of carbonyl (C=O) groups is 1. The summed E-state index contributed by atoms with van der Waals surface area (Å²) in [6, 6.07) is 0.912. The molecular formula is C13H27Cl2N3O. The average molecular weight is 312 g/mol. The second-order valence-corrected chi connectivity index (χ2v) is 6.06.